The Kier molecular flexibility index (Phi) is 4.47. The zero-order valence-corrected chi connectivity index (χ0v) is 28.0. The zero-order valence-electron chi connectivity index (χ0n) is 36.3. The maximum absolute atomic E-state index is 9.62. The highest BCUT2D eigenvalue weighted by molar-refractivity contribution is 7.27. The summed E-state index contributed by atoms with van der Waals surface area (Å²) < 4.78 is 93.5. The second-order valence-corrected chi connectivity index (χ2v) is 14.1. The summed E-state index contributed by atoms with van der Waals surface area (Å²) in [7, 11) is 0. The van der Waals surface area contributed by atoms with Gasteiger partial charge in [-0.25, -0.2) is 4.98 Å². The monoisotopic (exact) mass is 696 g/mol. The maximum atomic E-state index is 9.62. The topological polar surface area (TPSA) is 43.6 Å². The molecule has 11 aromatic rings. The summed E-state index contributed by atoms with van der Waals surface area (Å²) in [4.78, 5) is 15.2. The van der Waals surface area contributed by atoms with Gasteiger partial charge in [0.1, 0.15) is 0 Å². The molecule has 51 heavy (non-hydrogen) atoms. The van der Waals surface area contributed by atoms with E-state index in [1.807, 2.05) is 84.9 Å². The highest BCUT2D eigenvalue weighted by Gasteiger charge is 2.22. The van der Waals surface area contributed by atoms with E-state index in [4.69, 9.17) is 23.2 Å². The van der Waals surface area contributed by atoms with Crippen LogP contribution in [0.4, 0.5) is 0 Å². The van der Waals surface area contributed by atoms with E-state index in [2.05, 4.69) is 12.1 Å². The third-order valence-corrected chi connectivity index (χ3v) is 11.5. The standard InChI is InChI=1S/C45H26N4S2/c1-2-12-27(13-3-1)28-14-10-15-29(26-28)43-46-44(35-20-11-19-32-30-16-5-8-22-38(30)50-41(32)35)48-45(47-43)49-36-21-7-4-18-34(36)40-37(49)25-24-33-31-17-6-9-23-39(31)51-42(33)40/h1-26H/i4D,6D,7D,9D,17D,18D,21D,23D,24D,25D. The van der Waals surface area contributed by atoms with Crippen molar-refractivity contribution in [1.29, 1.82) is 0 Å². The number of para-hydroxylation sites is 1. The Morgan fingerprint density at radius 3 is 2.14 bits per heavy atom. The minimum atomic E-state index is -0.522. The zero-order chi connectivity index (χ0) is 42.2. The lowest BCUT2D eigenvalue weighted by Crippen LogP contribution is -2.06. The number of thiophene rings is 2. The number of nitrogens with zero attached hydrogens (tertiary/aromatic N) is 4. The Balaban J connectivity index is 1.31. The van der Waals surface area contributed by atoms with Gasteiger partial charge >= 0.3 is 0 Å². The molecule has 4 aromatic heterocycles. The van der Waals surface area contributed by atoms with Crippen molar-refractivity contribution < 1.29 is 13.7 Å². The summed E-state index contributed by atoms with van der Waals surface area (Å²) in [6.07, 6.45) is 0. The van der Waals surface area contributed by atoms with Gasteiger partial charge in [0.15, 0.2) is 11.6 Å². The first kappa shape index (κ1) is 20.5. The van der Waals surface area contributed by atoms with Crippen LogP contribution in [0.15, 0.2) is 157 Å². The van der Waals surface area contributed by atoms with Gasteiger partial charge in [0, 0.05) is 62.2 Å². The minimum Gasteiger partial charge on any atom is -0.278 e. The molecule has 11 rings (SSSR count). The SMILES string of the molecule is [2H]c1c([2H])c([2H])c2c(sc3c2c([2H])c([2H])c2c3c3c([2H])c([2H])c([2H])c([2H])c3n2-c2nc(-c3cccc(-c4ccccc4)c3)nc(-c3cccc4c3sc3ccccc34)n2)c1[2H]. The van der Waals surface area contributed by atoms with E-state index in [0.29, 0.717) is 11.1 Å². The van der Waals surface area contributed by atoms with Gasteiger partial charge in [-0.1, -0.05) is 121 Å². The van der Waals surface area contributed by atoms with Crippen LogP contribution in [0.5, 0.6) is 0 Å². The second kappa shape index (κ2) is 11.2. The summed E-state index contributed by atoms with van der Waals surface area (Å²) in [5.74, 6) is 0.490. The van der Waals surface area contributed by atoms with Gasteiger partial charge < -0.3 is 0 Å². The molecule has 0 N–H and O–H groups in total. The molecule has 0 saturated carbocycles. The van der Waals surface area contributed by atoms with Crippen LogP contribution in [-0.4, -0.2) is 19.5 Å². The molecule has 238 valence electrons. The van der Waals surface area contributed by atoms with Crippen LogP contribution in [0.2, 0.25) is 0 Å². The summed E-state index contributed by atoms with van der Waals surface area (Å²) in [5, 5.41) is 2.49. The molecule has 4 nitrogen and oxygen atoms in total. The van der Waals surface area contributed by atoms with Crippen molar-refractivity contribution in [3.63, 3.8) is 0 Å². The quantitative estimate of drug-likeness (QED) is 0.184. The molecule has 0 aliphatic rings. The molecule has 0 saturated heterocycles. The Hall–Kier alpha value is -6.21. The molecule has 0 atom stereocenters. The fourth-order valence-electron chi connectivity index (χ4n) is 6.88. The van der Waals surface area contributed by atoms with Crippen LogP contribution in [0, 0.1) is 0 Å². The van der Waals surface area contributed by atoms with Gasteiger partial charge in [0.2, 0.25) is 5.95 Å². The Labute approximate surface area is 314 Å². The van der Waals surface area contributed by atoms with E-state index >= 15 is 0 Å². The van der Waals surface area contributed by atoms with Crippen LogP contribution in [0.25, 0.3) is 102 Å². The Morgan fingerprint density at radius 2 is 1.20 bits per heavy atom. The molecular weight excluding hydrogens is 661 g/mol. The van der Waals surface area contributed by atoms with E-state index in [0.717, 1.165) is 42.6 Å². The van der Waals surface area contributed by atoms with Gasteiger partial charge in [-0.3, -0.25) is 4.57 Å². The maximum Gasteiger partial charge on any atom is 0.238 e. The highest BCUT2D eigenvalue weighted by Crippen LogP contribution is 2.44. The molecular formula is C45H26N4S2. The number of fused-ring (bicyclic) bond motifs is 10. The van der Waals surface area contributed by atoms with Crippen LogP contribution in [-0.2, 0) is 0 Å². The normalized spacial score (nSPS) is 14.7. The molecule has 0 amide bonds. The van der Waals surface area contributed by atoms with Crippen LogP contribution < -0.4 is 0 Å². The lowest BCUT2D eigenvalue weighted by Gasteiger charge is -2.12. The van der Waals surface area contributed by atoms with Gasteiger partial charge in [0.05, 0.1) is 24.7 Å². The summed E-state index contributed by atoms with van der Waals surface area (Å²) in [5.41, 5.74) is 3.23. The lowest BCUT2D eigenvalue weighted by atomic mass is 10.0. The Bertz CT molecular complexity index is 3730. The van der Waals surface area contributed by atoms with Crippen molar-refractivity contribution in [3.05, 3.63) is 157 Å². The molecule has 4 heterocycles. The highest BCUT2D eigenvalue weighted by atomic mass is 32.1. The summed E-state index contributed by atoms with van der Waals surface area (Å²) in [6.45, 7) is 0. The van der Waals surface area contributed by atoms with Crippen molar-refractivity contribution in [2.45, 2.75) is 0 Å². The van der Waals surface area contributed by atoms with Gasteiger partial charge in [-0.2, -0.15) is 9.97 Å². The first-order chi connectivity index (χ1) is 29.4. The first-order valence-electron chi connectivity index (χ1n) is 21.1. The van der Waals surface area contributed by atoms with Crippen molar-refractivity contribution in [2.75, 3.05) is 0 Å². The molecule has 0 bridgehead atoms. The number of hydrogen-bond donors (Lipinski definition) is 0. The van der Waals surface area contributed by atoms with E-state index in [1.54, 1.807) is 11.3 Å². The fraction of sp³-hybridized carbons (Fsp3) is 0. The molecule has 0 unspecified atom stereocenters. The third kappa shape index (κ3) is 4.40. The van der Waals surface area contributed by atoms with Crippen molar-refractivity contribution in [1.82, 2.24) is 19.5 Å². The van der Waals surface area contributed by atoms with E-state index in [9.17, 15) is 5.48 Å². The van der Waals surface area contributed by atoms with E-state index in [-0.39, 0.29) is 83.7 Å². The molecule has 0 radical (unpaired) electrons. The molecule has 7 aromatic carbocycles. The molecule has 6 heteroatoms. The predicted molar refractivity (Wildman–Crippen MR) is 216 cm³/mol. The largest absolute Gasteiger partial charge is 0.278 e. The number of hydrogen-bond acceptors (Lipinski definition) is 5. The fourth-order valence-corrected chi connectivity index (χ4v) is 9.21. The van der Waals surface area contributed by atoms with Crippen molar-refractivity contribution in [3.8, 4) is 39.9 Å². The van der Waals surface area contributed by atoms with Crippen LogP contribution in [0.1, 0.15) is 13.7 Å². The van der Waals surface area contributed by atoms with Crippen molar-refractivity contribution >= 4 is 84.8 Å². The first-order valence-corrected chi connectivity index (χ1v) is 17.8. The van der Waals surface area contributed by atoms with Gasteiger partial charge in [-0.05, 0) is 47.5 Å². The predicted octanol–water partition coefficient (Wildman–Crippen LogP) is 12.7. The van der Waals surface area contributed by atoms with E-state index in [1.165, 1.54) is 4.57 Å². The molecule has 0 spiro atoms. The molecule has 0 aliphatic heterocycles. The average Bonchev–Trinajstić information content (AvgIpc) is 3.99. The second-order valence-electron chi connectivity index (χ2n) is 12.1. The summed E-state index contributed by atoms with van der Waals surface area (Å²) in [6, 6.07) is 27.5. The van der Waals surface area contributed by atoms with Crippen LogP contribution in [0.3, 0.4) is 0 Å². The average molecular weight is 697 g/mol. The summed E-state index contributed by atoms with van der Waals surface area (Å²) >= 11 is 2.59. The lowest BCUT2D eigenvalue weighted by molar-refractivity contribution is 0.955. The number of benzene rings is 7. The smallest absolute Gasteiger partial charge is 0.238 e. The number of aromatic nitrogens is 4. The molecule has 0 aliphatic carbocycles. The van der Waals surface area contributed by atoms with Gasteiger partial charge in [-0.15, -0.1) is 22.7 Å². The van der Waals surface area contributed by atoms with Crippen LogP contribution >= 0.6 is 22.7 Å². The third-order valence-electron chi connectivity index (χ3n) is 9.17. The van der Waals surface area contributed by atoms with Gasteiger partial charge in [0.25, 0.3) is 0 Å². The Morgan fingerprint density at radius 1 is 0.471 bits per heavy atom. The minimum absolute atomic E-state index is 0.0281. The molecule has 0 fully saturated rings. The van der Waals surface area contributed by atoms with E-state index < -0.39 is 36.3 Å². The number of rotatable bonds is 4. The van der Waals surface area contributed by atoms with Crippen molar-refractivity contribution in [2.24, 2.45) is 0 Å².